The summed E-state index contributed by atoms with van der Waals surface area (Å²) in [5, 5.41) is 4.18. The molecule has 1 rings (SSSR count). The van der Waals surface area contributed by atoms with Gasteiger partial charge in [0.2, 0.25) is 0 Å². The minimum atomic E-state index is 0.443. The van der Waals surface area contributed by atoms with Gasteiger partial charge >= 0.3 is 0 Å². The van der Waals surface area contributed by atoms with Gasteiger partial charge in [-0.3, -0.25) is 0 Å². The van der Waals surface area contributed by atoms with Gasteiger partial charge in [0.05, 0.1) is 0 Å². The van der Waals surface area contributed by atoms with E-state index >= 15 is 0 Å². The first-order valence-electron chi connectivity index (χ1n) is 3.84. The summed E-state index contributed by atoms with van der Waals surface area (Å²) in [4.78, 5) is 10.3. The first-order valence-corrected chi connectivity index (χ1v) is 4.78. The Morgan fingerprint density at radius 2 is 2.55 bits per heavy atom. The summed E-state index contributed by atoms with van der Waals surface area (Å²) in [6.45, 7) is 2.12. The molecule has 0 aliphatic rings. The molecule has 1 unspecified atom stereocenters. The molecule has 0 N–H and O–H groups in total. The quantitative estimate of drug-likeness (QED) is 0.632. The highest BCUT2D eigenvalue weighted by atomic mass is 32.1. The summed E-state index contributed by atoms with van der Waals surface area (Å²) in [5.41, 5.74) is 1.31. The van der Waals surface area contributed by atoms with E-state index < -0.39 is 0 Å². The molecule has 0 spiro atoms. The zero-order valence-electron chi connectivity index (χ0n) is 6.62. The van der Waals surface area contributed by atoms with Crippen molar-refractivity contribution in [3.8, 4) is 0 Å². The van der Waals surface area contributed by atoms with Crippen molar-refractivity contribution >= 4 is 17.6 Å². The summed E-state index contributed by atoms with van der Waals surface area (Å²) >= 11 is 1.69. The highest BCUT2D eigenvalue weighted by molar-refractivity contribution is 7.07. The third-order valence-electron chi connectivity index (χ3n) is 1.89. The minimum absolute atomic E-state index is 0.443. The summed E-state index contributed by atoms with van der Waals surface area (Å²) in [5.74, 6) is 0.443. The van der Waals surface area contributed by atoms with Crippen LogP contribution in [0.4, 0.5) is 0 Å². The second-order valence-electron chi connectivity index (χ2n) is 2.56. The van der Waals surface area contributed by atoms with Gasteiger partial charge in [-0.05, 0) is 34.7 Å². The molecule has 0 bridgehead atoms. The maximum absolute atomic E-state index is 10.3. The smallest absolute Gasteiger partial charge is 0.120 e. The van der Waals surface area contributed by atoms with Crippen LogP contribution in [0, 0.1) is 0 Å². The van der Waals surface area contributed by atoms with Gasteiger partial charge in [-0.15, -0.1) is 0 Å². The fourth-order valence-electron chi connectivity index (χ4n) is 1.16. The van der Waals surface area contributed by atoms with Gasteiger partial charge in [0.15, 0.2) is 0 Å². The molecule has 0 aliphatic carbocycles. The van der Waals surface area contributed by atoms with E-state index in [0.29, 0.717) is 12.3 Å². The zero-order chi connectivity index (χ0) is 8.10. The molecule has 0 amide bonds. The van der Waals surface area contributed by atoms with Crippen molar-refractivity contribution in [1.82, 2.24) is 0 Å². The Bertz CT molecular complexity index is 203. The molecule has 2 heteroatoms. The number of hydrogen-bond acceptors (Lipinski definition) is 2. The van der Waals surface area contributed by atoms with Gasteiger partial charge in [-0.2, -0.15) is 11.3 Å². The van der Waals surface area contributed by atoms with E-state index in [1.54, 1.807) is 11.3 Å². The lowest BCUT2D eigenvalue weighted by Gasteiger charge is -2.07. The molecule has 1 atom stereocenters. The summed E-state index contributed by atoms with van der Waals surface area (Å²) in [6, 6.07) is 2.10. The molecule has 0 fully saturated rings. The number of hydrogen-bond donors (Lipinski definition) is 0. The first-order chi connectivity index (χ1) is 5.38. The Morgan fingerprint density at radius 1 is 1.73 bits per heavy atom. The molecule has 60 valence electrons. The van der Waals surface area contributed by atoms with Crippen LogP contribution in [-0.4, -0.2) is 6.29 Å². The number of thiophene rings is 1. The lowest BCUT2D eigenvalue weighted by atomic mass is 9.97. The van der Waals surface area contributed by atoms with Crippen LogP contribution < -0.4 is 0 Å². The SMILES string of the molecule is CCC(CC=O)c1ccsc1. The first kappa shape index (κ1) is 8.47. The van der Waals surface area contributed by atoms with Crippen molar-refractivity contribution in [3.05, 3.63) is 22.4 Å². The van der Waals surface area contributed by atoms with Crippen molar-refractivity contribution < 1.29 is 4.79 Å². The third kappa shape index (κ3) is 2.15. The van der Waals surface area contributed by atoms with Crippen LogP contribution in [-0.2, 0) is 4.79 Å². The van der Waals surface area contributed by atoms with E-state index in [-0.39, 0.29) is 0 Å². The average molecular weight is 168 g/mol. The average Bonchev–Trinajstić information content (AvgIpc) is 2.52. The molecular formula is C9H12OS. The molecule has 0 aliphatic heterocycles. The van der Waals surface area contributed by atoms with E-state index in [2.05, 4.69) is 23.8 Å². The van der Waals surface area contributed by atoms with Crippen molar-refractivity contribution in [2.45, 2.75) is 25.7 Å². The summed E-state index contributed by atoms with van der Waals surface area (Å²) < 4.78 is 0. The van der Waals surface area contributed by atoms with Gasteiger partial charge in [-0.1, -0.05) is 6.92 Å². The van der Waals surface area contributed by atoms with E-state index in [9.17, 15) is 4.79 Å². The van der Waals surface area contributed by atoms with Gasteiger partial charge < -0.3 is 4.79 Å². The molecule has 0 saturated heterocycles. The van der Waals surface area contributed by atoms with E-state index in [0.717, 1.165) is 12.7 Å². The second-order valence-corrected chi connectivity index (χ2v) is 3.34. The molecule has 0 saturated carbocycles. The van der Waals surface area contributed by atoms with Crippen molar-refractivity contribution in [2.24, 2.45) is 0 Å². The normalized spacial score (nSPS) is 12.8. The highest BCUT2D eigenvalue weighted by Crippen LogP contribution is 2.23. The Kier molecular flexibility index (Phi) is 3.30. The topological polar surface area (TPSA) is 17.1 Å². The molecule has 1 aromatic rings. The lowest BCUT2D eigenvalue weighted by Crippen LogP contribution is -1.95. The molecule has 1 nitrogen and oxygen atoms in total. The Hall–Kier alpha value is -0.630. The molecule has 1 aromatic heterocycles. The fraction of sp³-hybridized carbons (Fsp3) is 0.444. The maximum Gasteiger partial charge on any atom is 0.120 e. The van der Waals surface area contributed by atoms with Crippen molar-refractivity contribution in [1.29, 1.82) is 0 Å². The monoisotopic (exact) mass is 168 g/mol. The van der Waals surface area contributed by atoms with Gasteiger partial charge in [-0.25, -0.2) is 0 Å². The predicted molar refractivity (Wildman–Crippen MR) is 48.0 cm³/mol. The molecule has 0 aromatic carbocycles. The summed E-state index contributed by atoms with van der Waals surface area (Å²) in [7, 11) is 0. The molecule has 0 radical (unpaired) electrons. The molecular weight excluding hydrogens is 156 g/mol. The highest BCUT2D eigenvalue weighted by Gasteiger charge is 2.07. The summed E-state index contributed by atoms with van der Waals surface area (Å²) in [6.07, 6.45) is 2.72. The Labute approximate surface area is 71.1 Å². The van der Waals surface area contributed by atoms with Crippen LogP contribution in [0.25, 0.3) is 0 Å². The van der Waals surface area contributed by atoms with Crippen molar-refractivity contribution in [3.63, 3.8) is 0 Å². The van der Waals surface area contributed by atoms with Crippen LogP contribution in [0.2, 0.25) is 0 Å². The number of aldehydes is 1. The molecule has 1 heterocycles. The van der Waals surface area contributed by atoms with Gasteiger partial charge in [0.25, 0.3) is 0 Å². The van der Waals surface area contributed by atoms with Crippen molar-refractivity contribution in [2.75, 3.05) is 0 Å². The van der Waals surface area contributed by atoms with Crippen LogP contribution in [0.1, 0.15) is 31.2 Å². The van der Waals surface area contributed by atoms with Crippen LogP contribution in [0.15, 0.2) is 16.8 Å². The lowest BCUT2D eigenvalue weighted by molar-refractivity contribution is -0.108. The number of carbonyl (C=O) groups excluding carboxylic acids is 1. The van der Waals surface area contributed by atoms with Crippen LogP contribution in [0.5, 0.6) is 0 Å². The van der Waals surface area contributed by atoms with Crippen LogP contribution in [0.3, 0.4) is 0 Å². The number of rotatable bonds is 4. The Morgan fingerprint density at radius 3 is 3.00 bits per heavy atom. The van der Waals surface area contributed by atoms with E-state index in [4.69, 9.17) is 0 Å². The van der Waals surface area contributed by atoms with E-state index in [1.807, 2.05) is 0 Å². The Balaban J connectivity index is 2.62. The van der Waals surface area contributed by atoms with E-state index in [1.165, 1.54) is 5.56 Å². The number of carbonyl (C=O) groups is 1. The predicted octanol–water partition coefficient (Wildman–Crippen LogP) is 2.83. The maximum atomic E-state index is 10.3. The molecule has 11 heavy (non-hydrogen) atoms. The minimum Gasteiger partial charge on any atom is -0.303 e. The fourth-order valence-corrected chi connectivity index (χ4v) is 1.90. The zero-order valence-corrected chi connectivity index (χ0v) is 7.43. The van der Waals surface area contributed by atoms with Crippen LogP contribution >= 0.6 is 11.3 Å². The third-order valence-corrected chi connectivity index (χ3v) is 2.59. The standard InChI is InChI=1S/C9H12OS/c1-2-8(3-5-10)9-4-6-11-7-9/h4-8H,2-3H2,1H3. The largest absolute Gasteiger partial charge is 0.303 e. The van der Waals surface area contributed by atoms with Gasteiger partial charge in [0.1, 0.15) is 6.29 Å². The van der Waals surface area contributed by atoms with Gasteiger partial charge in [0, 0.05) is 6.42 Å². The second kappa shape index (κ2) is 4.29.